The second-order valence-corrected chi connectivity index (χ2v) is 9.61. The first-order chi connectivity index (χ1) is 15.2. The van der Waals surface area contributed by atoms with Gasteiger partial charge in [0.2, 0.25) is 5.91 Å². The van der Waals surface area contributed by atoms with Gasteiger partial charge in [0.1, 0.15) is 15.6 Å². The second-order valence-electron chi connectivity index (χ2n) is 6.58. The zero-order valence-corrected chi connectivity index (χ0v) is 19.2. The van der Waals surface area contributed by atoms with E-state index in [1.807, 2.05) is 0 Å². The summed E-state index contributed by atoms with van der Waals surface area (Å²) in [4.78, 5) is 23.7. The molecule has 1 amide bonds. The highest BCUT2D eigenvalue weighted by Gasteiger charge is 2.17. The third-order valence-corrected chi connectivity index (χ3v) is 7.03. The molecule has 0 saturated carbocycles. The lowest BCUT2D eigenvalue weighted by atomic mass is 10.2. The van der Waals surface area contributed by atoms with E-state index in [9.17, 15) is 18.0 Å². The molecule has 11 heteroatoms. The van der Waals surface area contributed by atoms with Crippen LogP contribution in [0.25, 0.3) is 12.2 Å². The Bertz CT molecular complexity index is 1260. The van der Waals surface area contributed by atoms with Crippen molar-refractivity contribution in [2.75, 3.05) is 16.6 Å². The Hall–Kier alpha value is -3.44. The van der Waals surface area contributed by atoms with Gasteiger partial charge in [-0.15, -0.1) is 11.3 Å². The highest BCUT2D eigenvalue weighted by atomic mass is 32.2. The molecule has 0 radical (unpaired) electrons. The summed E-state index contributed by atoms with van der Waals surface area (Å²) in [6, 6.07) is 9.11. The smallest absolute Gasteiger partial charge is 0.338 e. The first-order valence-corrected chi connectivity index (χ1v) is 11.8. The molecule has 0 aliphatic rings. The van der Waals surface area contributed by atoms with Crippen LogP contribution in [0.2, 0.25) is 0 Å². The molecule has 9 nitrogen and oxygen atoms in total. The Labute approximate surface area is 189 Å². The summed E-state index contributed by atoms with van der Waals surface area (Å²) in [6.07, 6.45) is 3.28. The van der Waals surface area contributed by atoms with Gasteiger partial charge in [-0.1, -0.05) is 5.16 Å². The minimum absolute atomic E-state index is 0.113. The van der Waals surface area contributed by atoms with Crippen LogP contribution in [0.15, 0.2) is 45.1 Å². The third kappa shape index (κ3) is 5.62. The minimum Gasteiger partial charge on any atom is -0.462 e. The number of thiophene rings is 1. The Morgan fingerprint density at radius 3 is 2.53 bits per heavy atom. The van der Waals surface area contributed by atoms with E-state index >= 15 is 0 Å². The fraction of sp³-hybridized carbons (Fsp3) is 0.190. The predicted molar refractivity (Wildman–Crippen MR) is 122 cm³/mol. The van der Waals surface area contributed by atoms with Crippen molar-refractivity contribution in [3.63, 3.8) is 0 Å². The zero-order valence-electron chi connectivity index (χ0n) is 17.5. The molecule has 0 unspecified atom stereocenters. The third-order valence-electron chi connectivity index (χ3n) is 4.10. The van der Waals surface area contributed by atoms with Gasteiger partial charge in [-0.25, -0.2) is 13.2 Å². The van der Waals surface area contributed by atoms with Gasteiger partial charge in [0.05, 0.1) is 12.2 Å². The van der Waals surface area contributed by atoms with Gasteiger partial charge < -0.3 is 14.6 Å². The first-order valence-electron chi connectivity index (χ1n) is 9.51. The van der Waals surface area contributed by atoms with Crippen molar-refractivity contribution in [3.05, 3.63) is 58.3 Å². The molecular weight excluding hydrogens is 454 g/mol. The van der Waals surface area contributed by atoms with E-state index in [4.69, 9.17) is 9.26 Å². The lowest BCUT2D eigenvalue weighted by molar-refractivity contribution is -0.114. The van der Waals surface area contributed by atoms with Crippen molar-refractivity contribution in [1.29, 1.82) is 0 Å². The molecule has 0 fully saturated rings. The quantitative estimate of drug-likeness (QED) is 0.468. The van der Waals surface area contributed by atoms with Crippen LogP contribution in [0.1, 0.15) is 40.5 Å². The summed E-state index contributed by atoms with van der Waals surface area (Å²) < 4.78 is 38.1. The molecule has 2 N–H and O–H groups in total. The number of amides is 1. The topological polar surface area (TPSA) is 128 Å². The summed E-state index contributed by atoms with van der Waals surface area (Å²) in [7, 11) is -3.81. The van der Waals surface area contributed by atoms with Gasteiger partial charge in [0.25, 0.3) is 10.0 Å². The molecule has 32 heavy (non-hydrogen) atoms. The van der Waals surface area contributed by atoms with Gasteiger partial charge in [-0.05, 0) is 62.4 Å². The van der Waals surface area contributed by atoms with Crippen LogP contribution < -0.4 is 10.0 Å². The van der Waals surface area contributed by atoms with E-state index < -0.39 is 16.0 Å². The van der Waals surface area contributed by atoms with Gasteiger partial charge in [-0.3, -0.25) is 9.52 Å². The molecule has 1 aromatic carbocycles. The molecule has 0 aliphatic heterocycles. The number of nitrogens with one attached hydrogen (secondary N) is 2. The largest absolute Gasteiger partial charge is 0.462 e. The monoisotopic (exact) mass is 475 g/mol. The van der Waals surface area contributed by atoms with E-state index in [-0.39, 0.29) is 16.7 Å². The van der Waals surface area contributed by atoms with E-state index in [1.54, 1.807) is 32.1 Å². The van der Waals surface area contributed by atoms with Crippen LogP contribution in [-0.4, -0.2) is 32.1 Å². The number of carbonyl (C=O) groups excluding carboxylic acids is 2. The summed E-state index contributed by atoms with van der Waals surface area (Å²) in [5, 5.41) is 6.48. The number of sulfonamides is 1. The average molecular weight is 476 g/mol. The van der Waals surface area contributed by atoms with Gasteiger partial charge in [0, 0.05) is 17.5 Å². The Kier molecular flexibility index (Phi) is 7.11. The minimum atomic E-state index is -3.81. The highest BCUT2D eigenvalue weighted by molar-refractivity contribution is 7.94. The molecular formula is C21H21N3O6S2. The molecule has 0 saturated heterocycles. The standard InChI is InChI=1S/C21H21N3O6S2/c1-4-29-21(26)15-5-7-16(8-6-15)24-32(27,28)19-12-10-17(31-19)9-11-18-20(22-14(3)25)13(2)23-30-18/h5-12,24H,4H2,1-3H3,(H,22,25)/b11-9+. The number of esters is 1. The molecule has 3 aromatic rings. The van der Waals surface area contributed by atoms with Crippen LogP contribution in [0.3, 0.4) is 0 Å². The van der Waals surface area contributed by atoms with Crippen molar-refractivity contribution >= 4 is 56.8 Å². The Morgan fingerprint density at radius 1 is 1.16 bits per heavy atom. The van der Waals surface area contributed by atoms with E-state index in [1.165, 1.54) is 37.3 Å². The average Bonchev–Trinajstić information content (AvgIpc) is 3.35. The van der Waals surface area contributed by atoms with Gasteiger partial charge in [0.15, 0.2) is 5.76 Å². The molecule has 168 valence electrons. The molecule has 2 aromatic heterocycles. The maximum absolute atomic E-state index is 12.7. The number of carbonyl (C=O) groups is 2. The number of aromatic nitrogens is 1. The summed E-state index contributed by atoms with van der Waals surface area (Å²) >= 11 is 1.06. The normalized spacial score (nSPS) is 11.5. The van der Waals surface area contributed by atoms with E-state index in [2.05, 4.69) is 15.2 Å². The van der Waals surface area contributed by atoms with Crippen LogP contribution in [0, 0.1) is 6.92 Å². The fourth-order valence-electron chi connectivity index (χ4n) is 2.65. The fourth-order valence-corrected chi connectivity index (χ4v) is 4.94. The number of anilines is 2. The maximum Gasteiger partial charge on any atom is 0.338 e. The van der Waals surface area contributed by atoms with Crippen molar-refractivity contribution in [2.45, 2.75) is 25.0 Å². The number of aryl methyl sites for hydroxylation is 1. The van der Waals surface area contributed by atoms with Gasteiger partial charge >= 0.3 is 5.97 Å². The van der Waals surface area contributed by atoms with Crippen LogP contribution in [0.5, 0.6) is 0 Å². The summed E-state index contributed by atoms with van der Waals surface area (Å²) in [6.45, 7) is 5.05. The molecule has 0 atom stereocenters. The number of rotatable bonds is 8. The number of nitrogens with zero attached hydrogens (tertiary/aromatic N) is 1. The molecule has 0 spiro atoms. The number of hydrogen-bond acceptors (Lipinski definition) is 8. The first kappa shape index (κ1) is 23.2. The van der Waals surface area contributed by atoms with Gasteiger partial charge in [-0.2, -0.15) is 0 Å². The Morgan fingerprint density at radius 2 is 1.88 bits per heavy atom. The van der Waals surface area contributed by atoms with Crippen LogP contribution in [0.4, 0.5) is 11.4 Å². The van der Waals surface area contributed by atoms with Crippen molar-refractivity contribution in [1.82, 2.24) is 5.16 Å². The van der Waals surface area contributed by atoms with E-state index in [0.717, 1.165) is 11.3 Å². The van der Waals surface area contributed by atoms with Crippen LogP contribution >= 0.6 is 11.3 Å². The predicted octanol–water partition coefficient (Wildman–Crippen LogP) is 4.15. The lowest BCUT2D eigenvalue weighted by Crippen LogP contribution is -2.11. The maximum atomic E-state index is 12.7. The zero-order chi connectivity index (χ0) is 23.3. The SMILES string of the molecule is CCOC(=O)c1ccc(NS(=O)(=O)c2ccc(/C=C/c3onc(C)c3NC(C)=O)s2)cc1. The highest BCUT2D eigenvalue weighted by Crippen LogP contribution is 2.27. The molecule has 0 aliphatic carbocycles. The van der Waals surface area contributed by atoms with Crippen molar-refractivity contribution in [2.24, 2.45) is 0 Å². The lowest BCUT2D eigenvalue weighted by Gasteiger charge is -2.07. The number of hydrogen-bond donors (Lipinski definition) is 2. The Balaban J connectivity index is 1.72. The molecule has 3 rings (SSSR count). The van der Waals surface area contributed by atoms with Crippen LogP contribution in [-0.2, 0) is 19.6 Å². The van der Waals surface area contributed by atoms with Crippen molar-refractivity contribution in [3.8, 4) is 0 Å². The number of ether oxygens (including phenoxy) is 1. The molecule has 2 heterocycles. The second kappa shape index (κ2) is 9.79. The molecule has 0 bridgehead atoms. The van der Waals surface area contributed by atoms with E-state index in [0.29, 0.717) is 33.3 Å². The summed E-state index contributed by atoms with van der Waals surface area (Å²) in [5.74, 6) is -0.368. The van der Waals surface area contributed by atoms with Crippen molar-refractivity contribution < 1.29 is 27.3 Å². The number of benzene rings is 1. The summed E-state index contributed by atoms with van der Waals surface area (Å²) in [5.41, 5.74) is 1.65.